The number of pyridine rings is 2. The Hall–Kier alpha value is -3.52. The monoisotopic (exact) mass is 404 g/mol. The summed E-state index contributed by atoms with van der Waals surface area (Å²) in [4.78, 5) is 16.3. The molecule has 4 aromatic heterocycles. The number of hydrogen-bond acceptors (Lipinski definition) is 6. The normalized spacial score (nSPS) is 13.1. The van der Waals surface area contributed by atoms with Crippen LogP contribution in [0.3, 0.4) is 0 Å². The average molecular weight is 404 g/mol. The summed E-state index contributed by atoms with van der Waals surface area (Å²) in [5.41, 5.74) is 5.51. The Morgan fingerprint density at radius 2 is 2.13 bits per heavy atom. The van der Waals surface area contributed by atoms with Crippen molar-refractivity contribution in [3.8, 4) is 17.1 Å². The van der Waals surface area contributed by atoms with Crippen LogP contribution in [-0.2, 0) is 6.54 Å². The van der Waals surface area contributed by atoms with Gasteiger partial charge in [-0.15, -0.1) is 0 Å². The average Bonchev–Trinajstić information content (AvgIpc) is 3.29. The van der Waals surface area contributed by atoms with Gasteiger partial charge in [0, 0.05) is 29.9 Å². The maximum absolute atomic E-state index is 10.5. The van der Waals surface area contributed by atoms with Crippen LogP contribution in [-0.4, -0.2) is 46.8 Å². The maximum atomic E-state index is 10.5. The molecule has 8 heteroatoms. The number of aliphatic hydroxyl groups excluding tert-OH is 1. The lowest BCUT2D eigenvalue weighted by Crippen LogP contribution is -2.06. The first-order valence-corrected chi connectivity index (χ1v) is 9.80. The number of aliphatic hydroxyl groups is 1. The van der Waals surface area contributed by atoms with Crippen LogP contribution in [0, 0.1) is 6.92 Å². The second-order valence-electron chi connectivity index (χ2n) is 7.45. The van der Waals surface area contributed by atoms with Crippen molar-refractivity contribution in [2.45, 2.75) is 39.8 Å². The standard InChI is InChI=1S/C22H24N6O2/c1-13-4-6-23-10-18(13)19-8-17-20(11-24-19)27-22(30)21(17)15(3)26-16-9-25-28(12-16)7-5-14(2)29/h4,6,8-12,14,27,29-30H,5,7H2,1-3H3/t14-/m0/s1. The highest BCUT2D eigenvalue weighted by molar-refractivity contribution is 6.13. The molecule has 0 aliphatic carbocycles. The van der Waals surface area contributed by atoms with E-state index in [1.54, 1.807) is 36.4 Å². The third-order valence-electron chi connectivity index (χ3n) is 5.03. The van der Waals surface area contributed by atoms with Crippen LogP contribution in [0.5, 0.6) is 5.88 Å². The molecule has 1 atom stereocenters. The number of nitrogens with zero attached hydrogens (tertiary/aromatic N) is 5. The Morgan fingerprint density at radius 1 is 1.30 bits per heavy atom. The molecule has 3 N–H and O–H groups in total. The van der Waals surface area contributed by atoms with Gasteiger partial charge in [-0.3, -0.25) is 14.6 Å². The van der Waals surface area contributed by atoms with Crippen molar-refractivity contribution in [2.75, 3.05) is 0 Å². The third-order valence-corrected chi connectivity index (χ3v) is 5.03. The third kappa shape index (κ3) is 3.95. The molecular formula is C22H24N6O2. The highest BCUT2D eigenvalue weighted by atomic mass is 16.3. The van der Waals surface area contributed by atoms with Crippen molar-refractivity contribution < 1.29 is 10.2 Å². The molecule has 4 rings (SSSR count). The fourth-order valence-corrected chi connectivity index (χ4v) is 3.43. The quantitative estimate of drug-likeness (QED) is 0.424. The van der Waals surface area contributed by atoms with E-state index in [0.717, 1.165) is 27.7 Å². The SMILES string of the molecule is CC(=Nc1cnn(CC[C@H](C)O)c1)c1c(O)[nH]c2cnc(-c3cnccc3C)cc12. The highest BCUT2D eigenvalue weighted by Crippen LogP contribution is 2.32. The van der Waals surface area contributed by atoms with Crippen molar-refractivity contribution in [1.82, 2.24) is 24.7 Å². The van der Waals surface area contributed by atoms with Crippen LogP contribution in [0.25, 0.3) is 22.2 Å². The van der Waals surface area contributed by atoms with Gasteiger partial charge >= 0.3 is 0 Å². The van der Waals surface area contributed by atoms with E-state index >= 15 is 0 Å². The summed E-state index contributed by atoms with van der Waals surface area (Å²) >= 11 is 0. The molecule has 4 heterocycles. The number of rotatable bonds is 6. The first-order chi connectivity index (χ1) is 14.4. The molecule has 0 aliphatic heterocycles. The fourth-order valence-electron chi connectivity index (χ4n) is 3.43. The summed E-state index contributed by atoms with van der Waals surface area (Å²) in [5.74, 6) is 0.0506. The van der Waals surface area contributed by atoms with E-state index in [1.165, 1.54) is 0 Å². The Balaban J connectivity index is 1.71. The Kier molecular flexibility index (Phi) is 5.33. The van der Waals surface area contributed by atoms with Crippen LogP contribution < -0.4 is 0 Å². The molecule has 154 valence electrons. The summed E-state index contributed by atoms with van der Waals surface area (Å²) < 4.78 is 1.75. The molecule has 0 saturated carbocycles. The lowest BCUT2D eigenvalue weighted by molar-refractivity contribution is 0.176. The van der Waals surface area contributed by atoms with E-state index in [-0.39, 0.29) is 12.0 Å². The molecule has 0 saturated heterocycles. The molecule has 4 aromatic rings. The lowest BCUT2D eigenvalue weighted by Gasteiger charge is -2.05. The van der Waals surface area contributed by atoms with E-state index in [9.17, 15) is 10.2 Å². The number of aromatic amines is 1. The van der Waals surface area contributed by atoms with Gasteiger partial charge in [0.2, 0.25) is 0 Å². The molecule has 0 aliphatic rings. The van der Waals surface area contributed by atoms with Gasteiger partial charge in [-0.2, -0.15) is 5.10 Å². The van der Waals surface area contributed by atoms with Gasteiger partial charge in [0.15, 0.2) is 5.88 Å². The number of aromatic nitrogens is 5. The van der Waals surface area contributed by atoms with Gasteiger partial charge in [-0.25, -0.2) is 4.99 Å². The number of hydrogen-bond donors (Lipinski definition) is 3. The summed E-state index contributed by atoms with van der Waals surface area (Å²) in [7, 11) is 0. The van der Waals surface area contributed by atoms with Crippen LogP contribution in [0.1, 0.15) is 31.4 Å². The molecule has 0 spiro atoms. The predicted octanol–water partition coefficient (Wildman–Crippen LogP) is 3.75. The number of fused-ring (bicyclic) bond motifs is 1. The molecule has 0 aromatic carbocycles. The summed E-state index contributed by atoms with van der Waals surface area (Å²) in [6.45, 7) is 6.23. The number of H-pyrrole nitrogens is 1. The van der Waals surface area contributed by atoms with Crippen LogP contribution in [0.15, 0.2) is 48.1 Å². The number of aromatic hydroxyl groups is 1. The van der Waals surface area contributed by atoms with E-state index in [2.05, 4.69) is 25.0 Å². The van der Waals surface area contributed by atoms with Crippen molar-refractivity contribution in [1.29, 1.82) is 0 Å². The fraction of sp³-hybridized carbons (Fsp3) is 0.273. The summed E-state index contributed by atoms with van der Waals surface area (Å²) in [6, 6.07) is 3.88. The second-order valence-corrected chi connectivity index (χ2v) is 7.45. The lowest BCUT2D eigenvalue weighted by atomic mass is 10.0. The van der Waals surface area contributed by atoms with Gasteiger partial charge < -0.3 is 15.2 Å². The Bertz CT molecular complexity index is 1220. The summed E-state index contributed by atoms with van der Waals surface area (Å²) in [5, 5.41) is 25.1. The molecule has 0 amide bonds. The van der Waals surface area contributed by atoms with Crippen molar-refractivity contribution in [2.24, 2.45) is 4.99 Å². The van der Waals surface area contributed by atoms with Crippen molar-refractivity contribution in [3.05, 3.63) is 54.2 Å². The first kappa shape index (κ1) is 19.8. The molecule has 0 radical (unpaired) electrons. The number of aliphatic imine (C=N–C) groups is 1. The van der Waals surface area contributed by atoms with Gasteiger partial charge in [0.05, 0.1) is 47.2 Å². The zero-order valence-electron chi connectivity index (χ0n) is 17.2. The molecular weight excluding hydrogens is 380 g/mol. The van der Waals surface area contributed by atoms with Crippen LogP contribution >= 0.6 is 0 Å². The molecule has 0 unspecified atom stereocenters. The zero-order valence-corrected chi connectivity index (χ0v) is 17.2. The topological polar surface area (TPSA) is 112 Å². The summed E-state index contributed by atoms with van der Waals surface area (Å²) in [6.07, 6.45) is 8.99. The maximum Gasteiger partial charge on any atom is 0.198 e. The minimum Gasteiger partial charge on any atom is -0.494 e. The van der Waals surface area contributed by atoms with Gasteiger partial charge in [0.1, 0.15) is 5.69 Å². The Morgan fingerprint density at radius 3 is 2.90 bits per heavy atom. The first-order valence-electron chi connectivity index (χ1n) is 9.80. The van der Waals surface area contributed by atoms with E-state index in [1.807, 2.05) is 32.2 Å². The Labute approximate surface area is 174 Å². The molecule has 8 nitrogen and oxygen atoms in total. The smallest absolute Gasteiger partial charge is 0.198 e. The van der Waals surface area contributed by atoms with Crippen LogP contribution in [0.2, 0.25) is 0 Å². The van der Waals surface area contributed by atoms with Gasteiger partial charge in [0.25, 0.3) is 0 Å². The second kappa shape index (κ2) is 8.08. The van der Waals surface area contributed by atoms with Gasteiger partial charge in [-0.1, -0.05) is 0 Å². The highest BCUT2D eigenvalue weighted by Gasteiger charge is 2.16. The van der Waals surface area contributed by atoms with Gasteiger partial charge in [-0.05, 0) is 44.9 Å². The molecule has 0 fully saturated rings. The molecule has 0 bridgehead atoms. The zero-order chi connectivity index (χ0) is 21.3. The number of aryl methyl sites for hydroxylation is 2. The molecule has 30 heavy (non-hydrogen) atoms. The predicted molar refractivity (Wildman–Crippen MR) is 116 cm³/mol. The van der Waals surface area contributed by atoms with Crippen molar-refractivity contribution in [3.63, 3.8) is 0 Å². The van der Waals surface area contributed by atoms with E-state index in [4.69, 9.17) is 0 Å². The number of nitrogens with one attached hydrogen (secondary N) is 1. The van der Waals surface area contributed by atoms with Crippen LogP contribution in [0.4, 0.5) is 5.69 Å². The van der Waals surface area contributed by atoms with E-state index in [0.29, 0.717) is 29.9 Å². The van der Waals surface area contributed by atoms with E-state index < -0.39 is 0 Å². The van der Waals surface area contributed by atoms with Crippen molar-refractivity contribution >= 4 is 22.3 Å². The minimum absolute atomic E-state index is 0.0506. The minimum atomic E-state index is -0.377. The largest absolute Gasteiger partial charge is 0.494 e.